The molecule has 0 aliphatic carbocycles. The van der Waals surface area contributed by atoms with Crippen LogP contribution in [0.3, 0.4) is 0 Å². The van der Waals surface area contributed by atoms with Crippen LogP contribution in [0.15, 0.2) is 0 Å². The molecule has 25 heavy (non-hydrogen) atoms. The van der Waals surface area contributed by atoms with E-state index in [0.717, 1.165) is 6.92 Å². The Morgan fingerprint density at radius 2 is 1.72 bits per heavy atom. The molecule has 1 aromatic heterocycles. The number of carbonyl (C=O) groups excluding carboxylic acids is 1. The van der Waals surface area contributed by atoms with Crippen molar-refractivity contribution in [2.75, 3.05) is 13.1 Å². The van der Waals surface area contributed by atoms with Gasteiger partial charge in [0.1, 0.15) is 6.10 Å². The van der Waals surface area contributed by atoms with Gasteiger partial charge in [-0.1, -0.05) is 0 Å². The maximum Gasteiger partial charge on any atom is 0.491 e. The van der Waals surface area contributed by atoms with Crippen molar-refractivity contribution in [3.63, 3.8) is 0 Å². The van der Waals surface area contributed by atoms with E-state index in [1.807, 2.05) is 0 Å². The molecule has 1 fully saturated rings. The van der Waals surface area contributed by atoms with Crippen molar-refractivity contribution < 1.29 is 40.6 Å². The average molecular weight is 373 g/mol. The second-order valence-electron chi connectivity index (χ2n) is 5.22. The van der Waals surface area contributed by atoms with E-state index in [9.17, 15) is 31.1 Å². The number of nitrogens with zero attached hydrogens (tertiary/aromatic N) is 2. The molecule has 2 rings (SSSR count). The van der Waals surface area contributed by atoms with Gasteiger partial charge in [-0.05, 0) is 32.9 Å². The fourth-order valence-electron chi connectivity index (χ4n) is 2.08. The Balaban J connectivity index is 2.39. The molecule has 6 nitrogen and oxygen atoms in total. The van der Waals surface area contributed by atoms with Crippen LogP contribution in [-0.4, -0.2) is 41.3 Å². The maximum absolute atomic E-state index is 12.8. The number of esters is 1. The summed E-state index contributed by atoms with van der Waals surface area (Å²) in [7, 11) is 0. The summed E-state index contributed by atoms with van der Waals surface area (Å²) < 4.78 is 85.1. The van der Waals surface area contributed by atoms with Crippen LogP contribution in [0.4, 0.5) is 26.3 Å². The number of hydrogen-bond acceptors (Lipinski definition) is 6. The monoisotopic (exact) mass is 373 g/mol. The fourth-order valence-corrected chi connectivity index (χ4v) is 2.08. The topological polar surface area (TPSA) is 73.3 Å². The summed E-state index contributed by atoms with van der Waals surface area (Å²) in [5.41, 5.74) is -0.594. The number of alkyl halides is 6. The zero-order valence-corrected chi connectivity index (χ0v) is 12.8. The van der Waals surface area contributed by atoms with Crippen LogP contribution in [0.1, 0.15) is 24.4 Å². The first-order valence-electron chi connectivity index (χ1n) is 7.10. The van der Waals surface area contributed by atoms with Crippen LogP contribution in [0.25, 0.3) is 0 Å². The van der Waals surface area contributed by atoms with Crippen LogP contribution in [0, 0.1) is 6.92 Å². The summed E-state index contributed by atoms with van der Waals surface area (Å²) in [5, 5.41) is 2.99. The molecule has 1 aromatic rings. The summed E-state index contributed by atoms with van der Waals surface area (Å²) in [6.07, 6.45) is -10.1. The molecule has 0 aromatic carbocycles. The van der Waals surface area contributed by atoms with Gasteiger partial charge in [0, 0.05) is 0 Å². The number of ether oxygens (including phenoxy) is 2. The van der Waals surface area contributed by atoms with Crippen molar-refractivity contribution in [1.82, 2.24) is 15.3 Å². The van der Waals surface area contributed by atoms with E-state index in [-0.39, 0.29) is 0 Å². The maximum atomic E-state index is 12.8. The lowest BCUT2D eigenvalue weighted by Gasteiger charge is -2.24. The van der Waals surface area contributed by atoms with Crippen molar-refractivity contribution in [3.8, 4) is 11.6 Å². The number of nitrogens with one attached hydrogen (secondary N) is 1. The quantitative estimate of drug-likeness (QED) is 0.648. The van der Waals surface area contributed by atoms with E-state index < -0.39 is 47.6 Å². The van der Waals surface area contributed by atoms with Gasteiger partial charge in [0.05, 0.1) is 5.69 Å². The molecule has 12 heteroatoms. The molecule has 0 amide bonds. The smallest absolute Gasteiger partial charge is 0.472 e. The molecule has 2 heterocycles. The highest BCUT2D eigenvalue weighted by molar-refractivity contribution is 5.78. The van der Waals surface area contributed by atoms with Crippen LogP contribution < -0.4 is 14.8 Å². The molecule has 1 aliphatic rings. The molecule has 0 unspecified atom stereocenters. The van der Waals surface area contributed by atoms with Crippen LogP contribution in [-0.2, 0) is 11.0 Å². The Morgan fingerprint density at radius 1 is 1.12 bits per heavy atom. The number of rotatable bonds is 3. The summed E-state index contributed by atoms with van der Waals surface area (Å²) in [6, 6.07) is 0. The normalized spacial score (nSPS) is 16.6. The summed E-state index contributed by atoms with van der Waals surface area (Å²) in [6.45, 7) is 1.99. The highest BCUT2D eigenvalue weighted by Gasteiger charge is 2.43. The van der Waals surface area contributed by atoms with Gasteiger partial charge < -0.3 is 14.8 Å². The van der Waals surface area contributed by atoms with E-state index >= 15 is 0 Å². The first kappa shape index (κ1) is 19.2. The molecule has 0 atom stereocenters. The van der Waals surface area contributed by atoms with Gasteiger partial charge in [-0.2, -0.15) is 31.3 Å². The summed E-state index contributed by atoms with van der Waals surface area (Å²) in [5.74, 6) is -5.92. The third-order valence-electron chi connectivity index (χ3n) is 3.25. The van der Waals surface area contributed by atoms with Crippen molar-refractivity contribution in [2.24, 2.45) is 0 Å². The van der Waals surface area contributed by atoms with Crippen molar-refractivity contribution >= 4 is 5.97 Å². The summed E-state index contributed by atoms with van der Waals surface area (Å²) >= 11 is 0. The first-order chi connectivity index (χ1) is 11.5. The number of carbonyl (C=O) groups is 1. The molecule has 0 bridgehead atoms. The zero-order valence-electron chi connectivity index (χ0n) is 12.8. The van der Waals surface area contributed by atoms with E-state index in [4.69, 9.17) is 4.74 Å². The highest BCUT2D eigenvalue weighted by Crippen LogP contribution is 2.36. The van der Waals surface area contributed by atoms with Gasteiger partial charge >= 0.3 is 18.3 Å². The molecule has 1 saturated heterocycles. The Morgan fingerprint density at radius 3 is 2.24 bits per heavy atom. The van der Waals surface area contributed by atoms with Crippen LogP contribution >= 0.6 is 0 Å². The largest absolute Gasteiger partial charge is 0.491 e. The van der Waals surface area contributed by atoms with Gasteiger partial charge in [0.15, 0.2) is 0 Å². The van der Waals surface area contributed by atoms with E-state index in [0.29, 0.717) is 25.9 Å². The van der Waals surface area contributed by atoms with Crippen molar-refractivity contribution in [2.45, 2.75) is 38.2 Å². The molecular weight excluding hydrogens is 360 g/mol. The fraction of sp³-hybridized carbons (Fsp3) is 0.615. The minimum absolute atomic E-state index is 0.400. The first-order valence-corrected chi connectivity index (χ1v) is 7.10. The number of halogens is 6. The lowest BCUT2D eigenvalue weighted by Crippen LogP contribution is -2.35. The Labute approximate surface area is 137 Å². The Bertz CT molecular complexity index is 641. The van der Waals surface area contributed by atoms with E-state index in [2.05, 4.69) is 20.0 Å². The third-order valence-corrected chi connectivity index (χ3v) is 3.25. The minimum Gasteiger partial charge on any atom is -0.472 e. The van der Waals surface area contributed by atoms with E-state index in [1.54, 1.807) is 0 Å². The Kier molecular flexibility index (Phi) is 5.40. The molecule has 1 N–H and O–H groups in total. The predicted octanol–water partition coefficient (Wildman–Crippen LogP) is 2.40. The third kappa shape index (κ3) is 4.94. The van der Waals surface area contributed by atoms with Gasteiger partial charge in [0.25, 0.3) is 5.88 Å². The van der Waals surface area contributed by atoms with Crippen molar-refractivity contribution in [1.29, 1.82) is 0 Å². The predicted molar refractivity (Wildman–Crippen MR) is 70.0 cm³/mol. The lowest BCUT2D eigenvalue weighted by molar-refractivity contribution is -0.189. The standard InChI is InChI=1S/C13H13F6N3O3/c1-6-8(25-11(23)13(17,18)19)9(22-10(21-6)12(14,15)16)24-7-2-4-20-5-3-7/h7,20H,2-5H2,1H3. The molecule has 140 valence electrons. The molecule has 0 spiro atoms. The van der Waals surface area contributed by atoms with Gasteiger partial charge in [0.2, 0.25) is 11.6 Å². The van der Waals surface area contributed by atoms with E-state index in [1.165, 1.54) is 0 Å². The molecule has 0 saturated carbocycles. The number of hydrogen-bond donors (Lipinski definition) is 1. The molecule has 1 aliphatic heterocycles. The van der Waals surface area contributed by atoms with Crippen LogP contribution in [0.5, 0.6) is 11.6 Å². The zero-order chi connectivity index (χ0) is 18.8. The summed E-state index contributed by atoms with van der Waals surface area (Å²) in [4.78, 5) is 17.2. The van der Waals surface area contributed by atoms with Crippen molar-refractivity contribution in [3.05, 3.63) is 11.5 Å². The SMILES string of the molecule is Cc1nc(C(F)(F)F)nc(OC2CCNCC2)c1OC(=O)C(F)(F)F. The minimum atomic E-state index is -5.33. The lowest BCUT2D eigenvalue weighted by atomic mass is 10.1. The van der Waals surface area contributed by atoms with Gasteiger partial charge in [-0.15, -0.1) is 0 Å². The highest BCUT2D eigenvalue weighted by atomic mass is 19.4. The second kappa shape index (κ2) is 7.02. The average Bonchev–Trinajstić information content (AvgIpc) is 2.49. The van der Waals surface area contributed by atoms with Crippen LogP contribution in [0.2, 0.25) is 0 Å². The Hall–Kier alpha value is -2.11. The number of piperidine rings is 1. The van der Waals surface area contributed by atoms with Gasteiger partial charge in [-0.3, -0.25) is 0 Å². The molecular formula is C13H13F6N3O3. The molecule has 0 radical (unpaired) electrons. The second-order valence-corrected chi connectivity index (χ2v) is 5.22. The van der Waals surface area contributed by atoms with Gasteiger partial charge in [-0.25, -0.2) is 9.78 Å². The number of aryl methyl sites for hydroxylation is 1. The number of aromatic nitrogens is 2.